The second-order valence-electron chi connectivity index (χ2n) is 9.40. The van der Waals surface area contributed by atoms with Gasteiger partial charge in [-0.2, -0.15) is 15.4 Å². The Morgan fingerprint density at radius 2 is 2.02 bits per heavy atom. The van der Waals surface area contributed by atoms with Crippen LogP contribution in [0.2, 0.25) is 0 Å². The summed E-state index contributed by atoms with van der Waals surface area (Å²) in [7, 11) is -4.33. The van der Waals surface area contributed by atoms with E-state index in [9.17, 15) is 24.8 Å². The largest absolute Gasteiger partial charge is 0.465 e. The van der Waals surface area contributed by atoms with Gasteiger partial charge in [0.25, 0.3) is 0 Å². The van der Waals surface area contributed by atoms with Gasteiger partial charge in [-0.25, -0.2) is 14.1 Å². The summed E-state index contributed by atoms with van der Waals surface area (Å²) < 4.78 is 37.6. The first-order valence-corrected chi connectivity index (χ1v) is 14.1. The van der Waals surface area contributed by atoms with E-state index in [1.54, 1.807) is 57.2 Å². The molecule has 1 fully saturated rings. The molecule has 0 spiro atoms. The molecule has 6 atom stereocenters. The molecule has 4 rings (SSSR count). The fourth-order valence-corrected chi connectivity index (χ4v) is 5.97. The Hall–Kier alpha value is -3.57. The minimum atomic E-state index is -4.33. The van der Waals surface area contributed by atoms with Gasteiger partial charge in [-0.1, -0.05) is 32.0 Å². The van der Waals surface area contributed by atoms with Gasteiger partial charge in [0.2, 0.25) is 5.60 Å². The van der Waals surface area contributed by atoms with E-state index in [2.05, 4.69) is 15.2 Å². The zero-order chi connectivity index (χ0) is 29.1. The lowest BCUT2D eigenvalue weighted by molar-refractivity contribution is -0.146. The number of esters is 1. The van der Waals surface area contributed by atoms with Crippen LogP contribution in [0.3, 0.4) is 0 Å². The van der Waals surface area contributed by atoms with Crippen LogP contribution in [-0.4, -0.2) is 68.3 Å². The fourth-order valence-electron chi connectivity index (χ4n) is 4.31. The van der Waals surface area contributed by atoms with Gasteiger partial charge >= 0.3 is 13.7 Å². The fraction of sp³-hybridized carbons (Fsp3) is 0.440. The Balaban J connectivity index is 1.61. The molecule has 0 saturated carbocycles. The van der Waals surface area contributed by atoms with E-state index in [0.29, 0.717) is 5.52 Å². The number of ether oxygens (including phenoxy) is 2. The molecule has 15 heteroatoms. The summed E-state index contributed by atoms with van der Waals surface area (Å²) >= 11 is 0. The minimum Gasteiger partial charge on any atom is -0.465 e. The van der Waals surface area contributed by atoms with Crippen molar-refractivity contribution in [3.05, 3.63) is 54.5 Å². The number of rotatable bonds is 11. The zero-order valence-electron chi connectivity index (χ0n) is 22.1. The number of hydrogen-bond acceptors (Lipinski definition) is 12. The van der Waals surface area contributed by atoms with Gasteiger partial charge < -0.3 is 29.9 Å². The first-order chi connectivity index (χ1) is 19.0. The van der Waals surface area contributed by atoms with Crippen molar-refractivity contribution in [3.63, 3.8) is 0 Å². The van der Waals surface area contributed by atoms with E-state index in [4.69, 9.17) is 24.3 Å². The smallest absolute Gasteiger partial charge is 0.459 e. The number of para-hydroxylation sites is 1. The maximum absolute atomic E-state index is 14.0. The van der Waals surface area contributed by atoms with Crippen LogP contribution in [0, 0.1) is 17.2 Å². The number of nitrogens with two attached hydrogens (primary N) is 1. The zero-order valence-corrected chi connectivity index (χ0v) is 23.0. The van der Waals surface area contributed by atoms with Gasteiger partial charge in [0.1, 0.15) is 48.0 Å². The Morgan fingerprint density at radius 1 is 1.30 bits per heavy atom. The third-order valence-electron chi connectivity index (χ3n) is 6.37. The predicted octanol–water partition coefficient (Wildman–Crippen LogP) is 1.53. The van der Waals surface area contributed by atoms with E-state index in [-0.39, 0.29) is 29.8 Å². The normalized spacial score (nSPS) is 24.9. The maximum Gasteiger partial charge on any atom is 0.459 e. The van der Waals surface area contributed by atoms with E-state index in [1.807, 2.05) is 6.07 Å². The van der Waals surface area contributed by atoms with Gasteiger partial charge in [-0.3, -0.25) is 9.32 Å². The van der Waals surface area contributed by atoms with E-state index in [1.165, 1.54) is 16.9 Å². The van der Waals surface area contributed by atoms with Crippen molar-refractivity contribution in [2.24, 2.45) is 5.92 Å². The Bertz CT molecular complexity index is 1430. The van der Waals surface area contributed by atoms with Crippen LogP contribution >= 0.6 is 7.75 Å². The number of fused-ring (bicyclic) bond motifs is 1. The predicted molar refractivity (Wildman–Crippen MR) is 141 cm³/mol. The van der Waals surface area contributed by atoms with Crippen LogP contribution in [-0.2, 0) is 29.0 Å². The maximum atomic E-state index is 14.0. The molecule has 2 unspecified atom stereocenters. The molecule has 0 aliphatic carbocycles. The molecular formula is C25H31N6O8P. The van der Waals surface area contributed by atoms with Crippen molar-refractivity contribution in [3.8, 4) is 11.8 Å². The molecule has 14 nitrogen and oxygen atoms in total. The number of nitrogen functional groups attached to an aromatic ring is 1. The lowest BCUT2D eigenvalue weighted by atomic mass is 9.92. The van der Waals surface area contributed by atoms with Crippen molar-refractivity contribution in [2.45, 2.75) is 50.7 Å². The van der Waals surface area contributed by atoms with E-state index >= 15 is 0 Å². The molecule has 1 saturated heterocycles. The summed E-state index contributed by atoms with van der Waals surface area (Å²) in [5.74, 6) is -0.709. The highest BCUT2D eigenvalue weighted by Crippen LogP contribution is 2.47. The first kappa shape index (κ1) is 29.4. The van der Waals surface area contributed by atoms with Crippen LogP contribution in [0.1, 0.15) is 26.5 Å². The summed E-state index contributed by atoms with van der Waals surface area (Å²) in [6.45, 7) is 4.61. The molecule has 1 aliphatic rings. The number of aromatic nitrogens is 3. The van der Waals surface area contributed by atoms with Crippen molar-refractivity contribution in [1.82, 2.24) is 19.7 Å². The number of aliphatic hydroxyl groups is 2. The van der Waals surface area contributed by atoms with Gasteiger partial charge in [0.05, 0.1) is 18.9 Å². The lowest BCUT2D eigenvalue weighted by Crippen LogP contribution is -2.42. The summed E-state index contributed by atoms with van der Waals surface area (Å²) in [5.41, 5.74) is 4.27. The van der Waals surface area contributed by atoms with Crippen LogP contribution in [0.15, 0.2) is 48.8 Å². The quantitative estimate of drug-likeness (QED) is 0.190. The van der Waals surface area contributed by atoms with E-state index in [0.717, 1.165) is 0 Å². The molecule has 3 heterocycles. The summed E-state index contributed by atoms with van der Waals surface area (Å²) in [6.07, 6.45) is -3.55. The average Bonchev–Trinajstić information content (AvgIpc) is 3.47. The summed E-state index contributed by atoms with van der Waals surface area (Å²) in [4.78, 5) is 16.5. The van der Waals surface area contributed by atoms with Gasteiger partial charge in [0.15, 0.2) is 5.82 Å². The molecule has 0 bridgehead atoms. The SMILES string of the molecule is CCOC(=O)C(NP(=O)(OC[C@H]1O[C@@](C#N)(c2ccc3c(N)ncnn23)[C@H](O)[C@@H]1O)Oc1ccccc1)C(C)C. The van der Waals surface area contributed by atoms with Crippen LogP contribution in [0.4, 0.5) is 5.82 Å². The topological polar surface area (TPSA) is 204 Å². The molecule has 0 radical (unpaired) electrons. The second kappa shape index (κ2) is 11.9. The molecular weight excluding hydrogens is 543 g/mol. The van der Waals surface area contributed by atoms with Crippen LogP contribution < -0.4 is 15.3 Å². The highest BCUT2D eigenvalue weighted by molar-refractivity contribution is 7.52. The molecule has 5 N–H and O–H groups in total. The van der Waals surface area contributed by atoms with Crippen molar-refractivity contribution >= 4 is 25.1 Å². The number of nitrogens with zero attached hydrogens (tertiary/aromatic N) is 4. The van der Waals surface area contributed by atoms with Crippen molar-refractivity contribution < 1.29 is 38.1 Å². The van der Waals surface area contributed by atoms with Crippen molar-refractivity contribution in [1.29, 1.82) is 5.26 Å². The first-order valence-electron chi connectivity index (χ1n) is 12.5. The molecule has 1 aliphatic heterocycles. The Labute approximate surface area is 230 Å². The highest BCUT2D eigenvalue weighted by atomic mass is 31.2. The number of hydrogen-bond donors (Lipinski definition) is 4. The van der Waals surface area contributed by atoms with Gasteiger partial charge in [-0.05, 0) is 37.1 Å². The number of carbonyl (C=O) groups is 1. The number of carbonyl (C=O) groups excluding carboxylic acids is 1. The summed E-state index contributed by atoms with van der Waals surface area (Å²) in [5, 5.41) is 38.7. The standard InChI is InChI=1S/C25H31N6O8P/c1-4-36-24(34)20(15(2)3)30-40(35,39-16-8-6-5-7-9-16)37-12-18-21(32)22(33)25(13-26,38-18)19-11-10-17-23(27)28-14-29-31(17)19/h5-11,14-15,18,20-22,32-33H,4,12H2,1-3H3,(H,30,35)(H2,27,28,29)/t18-,20?,21-,22-,25+,40?/m1/s1. The third-order valence-corrected chi connectivity index (χ3v) is 7.90. The second-order valence-corrected chi connectivity index (χ2v) is 11.1. The van der Waals surface area contributed by atoms with Crippen LogP contribution in [0.5, 0.6) is 5.75 Å². The Kier molecular flexibility index (Phi) is 8.74. The number of nitriles is 1. The third kappa shape index (κ3) is 5.66. The van der Waals surface area contributed by atoms with Gasteiger partial charge in [0, 0.05) is 0 Å². The highest BCUT2D eigenvalue weighted by Gasteiger charge is 2.58. The Morgan fingerprint density at radius 3 is 2.67 bits per heavy atom. The van der Waals surface area contributed by atoms with E-state index < -0.39 is 50.3 Å². The number of anilines is 1. The monoisotopic (exact) mass is 574 g/mol. The number of aliphatic hydroxyl groups excluding tert-OH is 2. The molecule has 40 heavy (non-hydrogen) atoms. The van der Waals surface area contributed by atoms with Crippen molar-refractivity contribution in [2.75, 3.05) is 18.9 Å². The molecule has 3 aromatic rings. The van der Waals surface area contributed by atoms with Crippen LogP contribution in [0.25, 0.3) is 5.52 Å². The molecule has 0 amide bonds. The average molecular weight is 575 g/mol. The number of nitrogens with one attached hydrogen (secondary N) is 1. The number of benzene rings is 1. The molecule has 1 aromatic carbocycles. The molecule has 2 aromatic heterocycles. The summed E-state index contributed by atoms with van der Waals surface area (Å²) in [6, 6.07) is 12.0. The van der Waals surface area contributed by atoms with Gasteiger partial charge in [-0.15, -0.1) is 0 Å². The minimum absolute atomic E-state index is 0.0946. The molecule has 214 valence electrons. The lowest BCUT2D eigenvalue weighted by Gasteiger charge is -2.27.